The summed E-state index contributed by atoms with van der Waals surface area (Å²) >= 11 is 0. The zero-order chi connectivity index (χ0) is 15.8. The smallest absolute Gasteiger partial charge is 0.248 e. The first-order valence-electron chi connectivity index (χ1n) is 7.41. The van der Waals surface area contributed by atoms with Crippen molar-refractivity contribution >= 4 is 11.8 Å². The van der Waals surface area contributed by atoms with Crippen LogP contribution in [0, 0.1) is 6.92 Å². The highest BCUT2D eigenvalue weighted by Crippen LogP contribution is 2.31. The SMILES string of the molecule is CCC1(C)C(=O)NC(C)(C)C(=O)N1Cc1ccccc1C. The molecule has 1 unspecified atom stereocenters. The minimum atomic E-state index is -0.853. The minimum Gasteiger partial charge on any atom is -0.340 e. The molecule has 2 rings (SSSR count). The molecular weight excluding hydrogens is 264 g/mol. The summed E-state index contributed by atoms with van der Waals surface area (Å²) in [6.07, 6.45) is 0.590. The summed E-state index contributed by atoms with van der Waals surface area (Å²) in [5.74, 6) is -0.113. The molecule has 1 aliphatic rings. The number of piperazine rings is 1. The number of aryl methyl sites for hydroxylation is 1. The number of carbonyl (C=O) groups is 2. The van der Waals surface area contributed by atoms with Crippen LogP contribution in [-0.4, -0.2) is 27.8 Å². The van der Waals surface area contributed by atoms with Crippen molar-refractivity contribution < 1.29 is 9.59 Å². The Hall–Kier alpha value is -1.84. The van der Waals surface area contributed by atoms with Gasteiger partial charge in [-0.15, -0.1) is 0 Å². The monoisotopic (exact) mass is 288 g/mol. The van der Waals surface area contributed by atoms with Crippen molar-refractivity contribution in [3.63, 3.8) is 0 Å². The van der Waals surface area contributed by atoms with Crippen LogP contribution in [0.15, 0.2) is 24.3 Å². The summed E-state index contributed by atoms with van der Waals surface area (Å²) in [6.45, 7) is 9.79. The fourth-order valence-corrected chi connectivity index (χ4v) is 2.71. The molecule has 1 heterocycles. The molecule has 4 nitrogen and oxygen atoms in total. The number of nitrogens with one attached hydrogen (secondary N) is 1. The van der Waals surface area contributed by atoms with Crippen molar-refractivity contribution in [1.82, 2.24) is 10.2 Å². The lowest BCUT2D eigenvalue weighted by Crippen LogP contribution is -2.72. The molecule has 1 aromatic carbocycles. The zero-order valence-electron chi connectivity index (χ0n) is 13.5. The Balaban J connectivity index is 2.43. The van der Waals surface area contributed by atoms with Crippen LogP contribution in [0.4, 0.5) is 0 Å². The molecular formula is C17H24N2O2. The maximum absolute atomic E-state index is 12.8. The Labute approximate surface area is 126 Å². The molecule has 2 amide bonds. The molecule has 21 heavy (non-hydrogen) atoms. The lowest BCUT2D eigenvalue weighted by atomic mass is 9.85. The summed E-state index contributed by atoms with van der Waals surface area (Å²) in [4.78, 5) is 27.0. The van der Waals surface area contributed by atoms with Crippen molar-refractivity contribution in [2.75, 3.05) is 0 Å². The van der Waals surface area contributed by atoms with Gasteiger partial charge in [0.05, 0.1) is 0 Å². The van der Waals surface area contributed by atoms with Gasteiger partial charge in [-0.05, 0) is 45.2 Å². The first-order chi connectivity index (χ1) is 9.72. The van der Waals surface area contributed by atoms with Gasteiger partial charge < -0.3 is 10.2 Å². The fourth-order valence-electron chi connectivity index (χ4n) is 2.71. The van der Waals surface area contributed by atoms with Gasteiger partial charge in [0.25, 0.3) is 0 Å². The summed E-state index contributed by atoms with van der Waals surface area (Å²) in [6, 6.07) is 7.98. The largest absolute Gasteiger partial charge is 0.340 e. The number of hydrogen-bond donors (Lipinski definition) is 1. The lowest BCUT2D eigenvalue weighted by molar-refractivity contribution is -0.161. The van der Waals surface area contributed by atoms with E-state index in [1.165, 1.54) is 0 Å². The van der Waals surface area contributed by atoms with Crippen molar-refractivity contribution in [2.45, 2.75) is 58.7 Å². The molecule has 0 saturated carbocycles. The number of carbonyl (C=O) groups excluding carboxylic acids is 2. The van der Waals surface area contributed by atoms with E-state index in [2.05, 4.69) is 5.32 Å². The van der Waals surface area contributed by atoms with Crippen LogP contribution in [0.5, 0.6) is 0 Å². The van der Waals surface area contributed by atoms with Gasteiger partial charge >= 0.3 is 0 Å². The van der Waals surface area contributed by atoms with Gasteiger partial charge in [0.2, 0.25) is 11.8 Å². The molecule has 1 aromatic rings. The predicted octanol–water partition coefficient (Wildman–Crippen LogP) is 2.40. The third-order valence-corrected chi connectivity index (χ3v) is 4.57. The molecule has 4 heteroatoms. The molecule has 1 saturated heterocycles. The van der Waals surface area contributed by atoms with E-state index < -0.39 is 11.1 Å². The Morgan fingerprint density at radius 2 is 1.76 bits per heavy atom. The standard InChI is InChI=1S/C17H24N2O2/c1-6-17(5)14(20)18-16(3,4)15(21)19(17)11-13-10-8-7-9-12(13)2/h7-10H,6,11H2,1-5H3,(H,18,20). The lowest BCUT2D eigenvalue weighted by Gasteiger charge is -2.49. The van der Waals surface area contributed by atoms with Crippen molar-refractivity contribution in [1.29, 1.82) is 0 Å². The van der Waals surface area contributed by atoms with Gasteiger partial charge in [0, 0.05) is 6.54 Å². The molecule has 1 atom stereocenters. The van der Waals surface area contributed by atoms with E-state index in [4.69, 9.17) is 0 Å². The number of benzene rings is 1. The quantitative estimate of drug-likeness (QED) is 0.928. The molecule has 0 aromatic heterocycles. The van der Waals surface area contributed by atoms with Gasteiger partial charge in [-0.25, -0.2) is 0 Å². The van der Waals surface area contributed by atoms with E-state index in [0.29, 0.717) is 13.0 Å². The van der Waals surface area contributed by atoms with Crippen LogP contribution in [0.2, 0.25) is 0 Å². The van der Waals surface area contributed by atoms with Gasteiger partial charge in [0.15, 0.2) is 0 Å². The van der Waals surface area contributed by atoms with Crippen LogP contribution in [-0.2, 0) is 16.1 Å². The molecule has 0 aliphatic carbocycles. The Morgan fingerprint density at radius 1 is 1.14 bits per heavy atom. The van der Waals surface area contributed by atoms with Gasteiger partial charge in [-0.3, -0.25) is 9.59 Å². The highest BCUT2D eigenvalue weighted by Gasteiger charge is 2.51. The fraction of sp³-hybridized carbons (Fsp3) is 0.529. The average molecular weight is 288 g/mol. The summed E-state index contributed by atoms with van der Waals surface area (Å²) < 4.78 is 0. The molecule has 1 fully saturated rings. The highest BCUT2D eigenvalue weighted by molar-refractivity contribution is 6.01. The van der Waals surface area contributed by atoms with E-state index in [1.54, 1.807) is 18.7 Å². The highest BCUT2D eigenvalue weighted by atomic mass is 16.2. The molecule has 0 bridgehead atoms. The predicted molar refractivity (Wildman–Crippen MR) is 82.6 cm³/mol. The topological polar surface area (TPSA) is 49.4 Å². The first kappa shape index (κ1) is 15.5. The van der Waals surface area contributed by atoms with E-state index in [1.807, 2.05) is 45.0 Å². The number of hydrogen-bond acceptors (Lipinski definition) is 2. The number of amides is 2. The van der Waals surface area contributed by atoms with Crippen LogP contribution in [0.3, 0.4) is 0 Å². The molecule has 1 N–H and O–H groups in total. The maximum atomic E-state index is 12.8. The van der Waals surface area contributed by atoms with E-state index >= 15 is 0 Å². The van der Waals surface area contributed by atoms with E-state index in [0.717, 1.165) is 11.1 Å². The van der Waals surface area contributed by atoms with Crippen LogP contribution in [0.1, 0.15) is 45.2 Å². The number of rotatable bonds is 3. The van der Waals surface area contributed by atoms with Crippen molar-refractivity contribution in [2.24, 2.45) is 0 Å². The molecule has 114 valence electrons. The Morgan fingerprint density at radius 3 is 2.33 bits per heavy atom. The summed E-state index contributed by atoms with van der Waals surface area (Å²) in [7, 11) is 0. The van der Waals surface area contributed by atoms with Gasteiger partial charge in [-0.1, -0.05) is 31.2 Å². The molecule has 0 spiro atoms. The maximum Gasteiger partial charge on any atom is 0.248 e. The van der Waals surface area contributed by atoms with Gasteiger partial charge in [0.1, 0.15) is 11.1 Å². The molecule has 0 radical (unpaired) electrons. The average Bonchev–Trinajstić information content (AvgIpc) is 2.43. The van der Waals surface area contributed by atoms with Crippen LogP contribution < -0.4 is 5.32 Å². The third-order valence-electron chi connectivity index (χ3n) is 4.57. The first-order valence-corrected chi connectivity index (χ1v) is 7.41. The minimum absolute atomic E-state index is 0.0327. The second-order valence-electron chi connectivity index (χ2n) is 6.52. The Kier molecular flexibility index (Phi) is 3.83. The van der Waals surface area contributed by atoms with Crippen LogP contribution in [0.25, 0.3) is 0 Å². The van der Waals surface area contributed by atoms with E-state index in [9.17, 15) is 9.59 Å². The summed E-state index contributed by atoms with van der Waals surface area (Å²) in [5.41, 5.74) is 0.562. The third kappa shape index (κ3) is 2.55. The second-order valence-corrected chi connectivity index (χ2v) is 6.52. The van der Waals surface area contributed by atoms with Crippen LogP contribution >= 0.6 is 0 Å². The second kappa shape index (κ2) is 5.17. The molecule has 1 aliphatic heterocycles. The van der Waals surface area contributed by atoms with Gasteiger partial charge in [-0.2, -0.15) is 0 Å². The normalized spacial score (nSPS) is 24.9. The summed E-state index contributed by atoms with van der Waals surface area (Å²) in [5, 5.41) is 2.85. The zero-order valence-corrected chi connectivity index (χ0v) is 13.5. The number of nitrogens with zero attached hydrogens (tertiary/aromatic N) is 1. The van der Waals surface area contributed by atoms with Crippen molar-refractivity contribution in [3.05, 3.63) is 35.4 Å². The Bertz CT molecular complexity index is 580. The van der Waals surface area contributed by atoms with E-state index in [-0.39, 0.29) is 11.8 Å². The van der Waals surface area contributed by atoms with Crippen molar-refractivity contribution in [3.8, 4) is 0 Å².